The van der Waals surface area contributed by atoms with E-state index in [9.17, 15) is 0 Å². The van der Waals surface area contributed by atoms with Crippen LogP contribution in [0.5, 0.6) is 0 Å². The van der Waals surface area contributed by atoms with Crippen LogP contribution in [-0.4, -0.2) is 57.2 Å². The highest BCUT2D eigenvalue weighted by atomic mass is 35.5. The first-order valence-electron chi connectivity index (χ1n) is 7.39. The fraction of sp³-hybridized carbons (Fsp3) is 0.600. The van der Waals surface area contributed by atoms with Gasteiger partial charge in [-0.05, 0) is 32.4 Å². The van der Waals surface area contributed by atoms with Gasteiger partial charge in [-0.15, -0.1) is 12.4 Å². The maximum Gasteiger partial charge on any atom is 0.181 e. The van der Waals surface area contributed by atoms with Crippen molar-refractivity contribution in [3.8, 4) is 0 Å². The molecule has 0 aromatic carbocycles. The molecule has 0 unspecified atom stereocenters. The smallest absolute Gasteiger partial charge is 0.181 e. The summed E-state index contributed by atoms with van der Waals surface area (Å²) in [6.07, 6.45) is 1.96. The van der Waals surface area contributed by atoms with Crippen LogP contribution in [-0.2, 0) is 6.54 Å². The van der Waals surface area contributed by atoms with Gasteiger partial charge in [0.2, 0.25) is 0 Å². The summed E-state index contributed by atoms with van der Waals surface area (Å²) in [6, 6.07) is 2.87. The fourth-order valence-corrected chi connectivity index (χ4v) is 2.85. The van der Waals surface area contributed by atoms with Crippen LogP contribution in [0.4, 0.5) is 0 Å². The molecule has 0 bridgehead atoms. The van der Waals surface area contributed by atoms with Gasteiger partial charge >= 0.3 is 0 Å². The van der Waals surface area contributed by atoms with Crippen LogP contribution in [0.1, 0.15) is 25.1 Å². The minimum atomic E-state index is 0. The maximum absolute atomic E-state index is 4.43. The number of H-pyrrole nitrogens is 1. The molecule has 0 radical (unpaired) electrons. The Morgan fingerprint density at radius 1 is 1.24 bits per heavy atom. The van der Waals surface area contributed by atoms with Crippen molar-refractivity contribution in [3.63, 3.8) is 0 Å². The molecule has 0 amide bonds. The standard InChI is InChI=1S/C15H23N5.ClH/c1-11(2)20-6-4-19(5-7-20)10-13-8-14-12(3)17-18-15(14)16-9-13;/h8-9,11H,4-7,10H2,1-3H3,(H,16,17,18);1H. The number of nitrogens with zero attached hydrogens (tertiary/aromatic N) is 4. The molecule has 0 spiro atoms. The highest BCUT2D eigenvalue weighted by Crippen LogP contribution is 2.16. The van der Waals surface area contributed by atoms with E-state index < -0.39 is 0 Å². The molecule has 3 heterocycles. The largest absolute Gasteiger partial charge is 0.298 e. The van der Waals surface area contributed by atoms with Crippen LogP contribution in [0.25, 0.3) is 11.0 Å². The van der Waals surface area contributed by atoms with Gasteiger partial charge in [0.25, 0.3) is 0 Å². The number of halogens is 1. The molecule has 116 valence electrons. The second-order valence-electron chi connectivity index (χ2n) is 5.97. The molecule has 1 saturated heterocycles. The van der Waals surface area contributed by atoms with E-state index in [1.54, 1.807) is 0 Å². The molecule has 0 saturated carbocycles. The zero-order valence-electron chi connectivity index (χ0n) is 13.0. The average Bonchev–Trinajstić information content (AvgIpc) is 2.81. The summed E-state index contributed by atoms with van der Waals surface area (Å²) in [5, 5.41) is 8.31. The summed E-state index contributed by atoms with van der Waals surface area (Å²) in [5.74, 6) is 0. The molecule has 1 aliphatic rings. The Hall–Kier alpha value is -1.17. The molecule has 5 nitrogen and oxygen atoms in total. The number of hydrogen-bond donors (Lipinski definition) is 1. The SMILES string of the molecule is Cc1[nH]nc2ncc(CN3CCN(C(C)C)CC3)cc12.Cl. The van der Waals surface area contributed by atoms with Crippen LogP contribution < -0.4 is 0 Å². The molecule has 1 N–H and O–H groups in total. The van der Waals surface area contributed by atoms with E-state index in [0.717, 1.165) is 49.5 Å². The average molecular weight is 310 g/mol. The van der Waals surface area contributed by atoms with Crippen molar-refractivity contribution in [1.82, 2.24) is 25.0 Å². The predicted molar refractivity (Wildman–Crippen MR) is 87.9 cm³/mol. The van der Waals surface area contributed by atoms with Crippen molar-refractivity contribution < 1.29 is 0 Å². The topological polar surface area (TPSA) is 48.1 Å². The Labute approximate surface area is 132 Å². The Morgan fingerprint density at radius 2 is 1.95 bits per heavy atom. The lowest BCUT2D eigenvalue weighted by Crippen LogP contribution is -2.48. The van der Waals surface area contributed by atoms with Crippen LogP contribution >= 0.6 is 12.4 Å². The number of aromatic amines is 1. The number of aromatic nitrogens is 3. The van der Waals surface area contributed by atoms with Crippen LogP contribution in [0, 0.1) is 6.92 Å². The zero-order chi connectivity index (χ0) is 14.1. The summed E-state index contributed by atoms with van der Waals surface area (Å²) >= 11 is 0. The summed E-state index contributed by atoms with van der Waals surface area (Å²) < 4.78 is 0. The second-order valence-corrected chi connectivity index (χ2v) is 5.97. The Bertz CT molecular complexity index is 587. The fourth-order valence-electron chi connectivity index (χ4n) is 2.85. The van der Waals surface area contributed by atoms with Crippen molar-refractivity contribution >= 4 is 23.4 Å². The molecule has 1 fully saturated rings. The van der Waals surface area contributed by atoms with Crippen LogP contribution in [0.3, 0.4) is 0 Å². The van der Waals surface area contributed by atoms with Gasteiger partial charge in [0, 0.05) is 56.0 Å². The number of piperazine rings is 1. The zero-order valence-corrected chi connectivity index (χ0v) is 13.8. The second kappa shape index (κ2) is 6.73. The predicted octanol–water partition coefficient (Wildman–Crippen LogP) is 2.21. The van der Waals surface area contributed by atoms with Gasteiger partial charge in [0.05, 0.1) is 0 Å². The maximum atomic E-state index is 4.43. The first-order chi connectivity index (χ1) is 9.63. The molecule has 2 aromatic rings. The van der Waals surface area contributed by atoms with Crippen molar-refractivity contribution in [3.05, 3.63) is 23.5 Å². The van der Waals surface area contributed by atoms with Gasteiger partial charge in [-0.1, -0.05) is 0 Å². The van der Waals surface area contributed by atoms with Crippen LogP contribution in [0.15, 0.2) is 12.3 Å². The lowest BCUT2D eigenvalue weighted by atomic mass is 10.2. The third kappa shape index (κ3) is 3.54. The molecule has 0 atom stereocenters. The molecule has 2 aromatic heterocycles. The van der Waals surface area contributed by atoms with E-state index in [1.807, 2.05) is 13.1 Å². The van der Waals surface area contributed by atoms with E-state index in [2.05, 4.69) is 44.9 Å². The molecule has 1 aliphatic heterocycles. The van der Waals surface area contributed by atoms with Gasteiger partial charge in [0.1, 0.15) is 0 Å². The molecule has 21 heavy (non-hydrogen) atoms. The third-order valence-electron chi connectivity index (χ3n) is 4.20. The van der Waals surface area contributed by atoms with Gasteiger partial charge < -0.3 is 0 Å². The lowest BCUT2D eigenvalue weighted by Gasteiger charge is -2.36. The first-order valence-corrected chi connectivity index (χ1v) is 7.39. The number of pyridine rings is 1. The number of nitrogens with one attached hydrogen (secondary N) is 1. The Kier molecular flexibility index (Phi) is 5.19. The van der Waals surface area contributed by atoms with Gasteiger partial charge in [-0.3, -0.25) is 14.9 Å². The summed E-state index contributed by atoms with van der Waals surface area (Å²) in [6.45, 7) is 12.2. The van der Waals surface area contributed by atoms with Gasteiger partial charge in [-0.2, -0.15) is 5.10 Å². The summed E-state index contributed by atoms with van der Waals surface area (Å²) in [5.41, 5.74) is 3.19. The van der Waals surface area contributed by atoms with Gasteiger partial charge in [-0.25, -0.2) is 4.98 Å². The molecular weight excluding hydrogens is 286 g/mol. The van der Waals surface area contributed by atoms with Crippen molar-refractivity contribution in [1.29, 1.82) is 0 Å². The summed E-state index contributed by atoms with van der Waals surface area (Å²) in [7, 11) is 0. The molecule has 3 rings (SSSR count). The monoisotopic (exact) mass is 309 g/mol. The van der Waals surface area contributed by atoms with Crippen molar-refractivity contribution in [2.45, 2.75) is 33.4 Å². The van der Waals surface area contributed by atoms with Crippen molar-refractivity contribution in [2.75, 3.05) is 26.2 Å². The highest BCUT2D eigenvalue weighted by molar-refractivity contribution is 5.85. The Morgan fingerprint density at radius 3 is 2.62 bits per heavy atom. The van der Waals surface area contributed by atoms with Crippen LogP contribution in [0.2, 0.25) is 0 Å². The number of hydrogen-bond acceptors (Lipinski definition) is 4. The minimum absolute atomic E-state index is 0. The minimum Gasteiger partial charge on any atom is -0.298 e. The van der Waals surface area contributed by atoms with Gasteiger partial charge in [0.15, 0.2) is 5.65 Å². The number of rotatable bonds is 3. The molecule has 0 aliphatic carbocycles. The highest BCUT2D eigenvalue weighted by Gasteiger charge is 2.19. The third-order valence-corrected chi connectivity index (χ3v) is 4.20. The Balaban J connectivity index is 0.00000161. The van der Waals surface area contributed by atoms with E-state index >= 15 is 0 Å². The first kappa shape index (κ1) is 16.2. The normalized spacial score (nSPS) is 17.3. The van der Waals surface area contributed by atoms with E-state index in [0.29, 0.717) is 6.04 Å². The van der Waals surface area contributed by atoms with E-state index in [4.69, 9.17) is 0 Å². The van der Waals surface area contributed by atoms with E-state index in [1.165, 1.54) is 5.56 Å². The quantitative estimate of drug-likeness (QED) is 0.944. The number of fused-ring (bicyclic) bond motifs is 1. The lowest BCUT2D eigenvalue weighted by molar-refractivity contribution is 0.104. The van der Waals surface area contributed by atoms with E-state index in [-0.39, 0.29) is 12.4 Å². The molecular formula is C15H24ClN5. The molecule has 6 heteroatoms. The number of aryl methyl sites for hydroxylation is 1. The summed E-state index contributed by atoms with van der Waals surface area (Å²) in [4.78, 5) is 9.48. The van der Waals surface area contributed by atoms with Crippen molar-refractivity contribution in [2.24, 2.45) is 0 Å².